The largest absolute Gasteiger partial charge is 0.480 e. The highest BCUT2D eigenvalue weighted by molar-refractivity contribution is 5.95. The smallest absolute Gasteiger partial charge is 0.326 e. The van der Waals surface area contributed by atoms with E-state index in [-0.39, 0.29) is 24.7 Å². The Morgan fingerprint density at radius 3 is 2.18 bits per heavy atom. The van der Waals surface area contributed by atoms with Gasteiger partial charge in [-0.2, -0.15) is 0 Å². The average Bonchev–Trinajstić information content (AvgIpc) is 3.54. The molecule has 3 aromatic rings. The summed E-state index contributed by atoms with van der Waals surface area (Å²) in [5.41, 5.74) is 8.36. The number of imidazole rings is 1. The molecule has 0 aliphatic carbocycles. The van der Waals surface area contributed by atoms with E-state index in [1.54, 1.807) is 40.1 Å². The number of carboxylic acid groups (broad SMARTS) is 1. The Labute approximate surface area is 226 Å². The second-order valence-electron chi connectivity index (χ2n) is 10.3. The Hall–Kier alpha value is -4.19. The molecule has 0 radical (unpaired) electrons. The van der Waals surface area contributed by atoms with Crippen molar-refractivity contribution in [3.05, 3.63) is 54.2 Å². The first kappa shape index (κ1) is 29.4. The van der Waals surface area contributed by atoms with Gasteiger partial charge in [0.25, 0.3) is 0 Å². The van der Waals surface area contributed by atoms with Crippen molar-refractivity contribution in [3.8, 4) is 0 Å². The minimum absolute atomic E-state index is 0.101. The number of nitrogens with zero attached hydrogens (tertiary/aromatic N) is 1. The molecule has 0 saturated heterocycles. The summed E-state index contributed by atoms with van der Waals surface area (Å²) in [5, 5.41) is 18.5. The Kier molecular flexibility index (Phi) is 9.83. The van der Waals surface area contributed by atoms with E-state index in [4.69, 9.17) is 5.73 Å². The summed E-state index contributed by atoms with van der Waals surface area (Å²) in [6.45, 7) is 6.89. The summed E-state index contributed by atoms with van der Waals surface area (Å²) < 4.78 is 0. The van der Waals surface area contributed by atoms with Crippen LogP contribution in [-0.2, 0) is 32.0 Å². The van der Waals surface area contributed by atoms with E-state index in [0.29, 0.717) is 5.69 Å². The molecular formula is C27H37N7O5. The molecule has 2 aromatic heterocycles. The van der Waals surface area contributed by atoms with Crippen molar-refractivity contribution in [2.75, 3.05) is 0 Å². The van der Waals surface area contributed by atoms with Crippen LogP contribution in [-0.4, -0.2) is 67.9 Å². The van der Waals surface area contributed by atoms with Crippen LogP contribution < -0.4 is 21.7 Å². The Balaban J connectivity index is 1.80. The monoisotopic (exact) mass is 539 g/mol. The Bertz CT molecular complexity index is 1280. The highest BCUT2D eigenvalue weighted by Crippen LogP contribution is 2.19. The third-order valence-corrected chi connectivity index (χ3v) is 6.54. The lowest BCUT2D eigenvalue weighted by molar-refractivity contribution is -0.143. The number of aromatic nitrogens is 3. The number of nitrogens with one attached hydrogen (secondary N) is 5. The van der Waals surface area contributed by atoms with Crippen LogP contribution in [0, 0.1) is 11.8 Å². The predicted octanol–water partition coefficient (Wildman–Crippen LogP) is 0.855. The molecule has 1 aromatic carbocycles. The number of benzene rings is 1. The lowest BCUT2D eigenvalue weighted by Crippen LogP contribution is -2.59. The van der Waals surface area contributed by atoms with E-state index >= 15 is 0 Å². The lowest BCUT2D eigenvalue weighted by atomic mass is 9.99. The quantitative estimate of drug-likeness (QED) is 0.167. The fourth-order valence-corrected chi connectivity index (χ4v) is 4.28. The van der Waals surface area contributed by atoms with Gasteiger partial charge in [-0.1, -0.05) is 45.9 Å². The van der Waals surface area contributed by atoms with Gasteiger partial charge in [-0.3, -0.25) is 14.4 Å². The van der Waals surface area contributed by atoms with Crippen molar-refractivity contribution in [2.45, 2.75) is 64.7 Å². The number of carbonyl (C=O) groups excluding carboxylic acids is 3. The predicted molar refractivity (Wildman–Crippen MR) is 145 cm³/mol. The summed E-state index contributed by atoms with van der Waals surface area (Å²) in [4.78, 5) is 61.3. The number of para-hydroxylation sites is 1. The van der Waals surface area contributed by atoms with Gasteiger partial charge in [-0.05, 0) is 23.5 Å². The van der Waals surface area contributed by atoms with E-state index in [2.05, 4.69) is 30.9 Å². The van der Waals surface area contributed by atoms with Crippen LogP contribution >= 0.6 is 0 Å². The summed E-state index contributed by atoms with van der Waals surface area (Å²) >= 11 is 0. The molecule has 3 rings (SSSR count). The molecule has 12 nitrogen and oxygen atoms in total. The van der Waals surface area contributed by atoms with Crippen molar-refractivity contribution >= 4 is 34.6 Å². The van der Waals surface area contributed by atoms with E-state index in [1.165, 1.54) is 6.33 Å². The fourth-order valence-electron chi connectivity index (χ4n) is 4.28. The number of rotatable bonds is 13. The molecule has 12 heteroatoms. The summed E-state index contributed by atoms with van der Waals surface area (Å²) in [6, 6.07) is 3.38. The van der Waals surface area contributed by atoms with Crippen molar-refractivity contribution in [3.63, 3.8) is 0 Å². The molecule has 39 heavy (non-hydrogen) atoms. The Morgan fingerprint density at radius 2 is 1.56 bits per heavy atom. The first-order chi connectivity index (χ1) is 18.5. The van der Waals surface area contributed by atoms with Crippen LogP contribution in [0.3, 0.4) is 0 Å². The van der Waals surface area contributed by atoms with Crippen LogP contribution in [0.4, 0.5) is 0 Å². The highest BCUT2D eigenvalue weighted by atomic mass is 16.4. The van der Waals surface area contributed by atoms with Crippen molar-refractivity contribution in [1.29, 1.82) is 0 Å². The molecule has 3 amide bonds. The van der Waals surface area contributed by atoms with Crippen molar-refractivity contribution < 1.29 is 24.3 Å². The van der Waals surface area contributed by atoms with Gasteiger partial charge in [0.1, 0.15) is 18.1 Å². The normalized spacial score (nSPS) is 14.5. The van der Waals surface area contributed by atoms with Gasteiger partial charge in [0.15, 0.2) is 0 Å². The van der Waals surface area contributed by atoms with Crippen LogP contribution in [0.25, 0.3) is 10.9 Å². The summed E-state index contributed by atoms with van der Waals surface area (Å²) in [7, 11) is 0. The zero-order valence-electron chi connectivity index (χ0n) is 22.5. The number of nitrogens with two attached hydrogens (primary N) is 1. The number of amides is 3. The number of aromatic amines is 2. The third kappa shape index (κ3) is 7.66. The van der Waals surface area contributed by atoms with E-state index < -0.39 is 47.9 Å². The number of carbonyl (C=O) groups is 4. The minimum atomic E-state index is -1.17. The molecule has 0 bridgehead atoms. The summed E-state index contributed by atoms with van der Waals surface area (Å²) in [6.07, 6.45) is 5.11. The number of aliphatic carboxylic acids is 1. The van der Waals surface area contributed by atoms with E-state index in [1.807, 2.05) is 24.3 Å². The van der Waals surface area contributed by atoms with Crippen molar-refractivity contribution in [2.24, 2.45) is 17.6 Å². The number of hydrogen-bond acceptors (Lipinski definition) is 6. The maximum atomic E-state index is 13.4. The van der Waals surface area contributed by atoms with Crippen LogP contribution in [0.2, 0.25) is 0 Å². The second kappa shape index (κ2) is 13.1. The standard InChI is InChI=1S/C27H37N7O5/c1-14(2)22(33-24(35)19(28)10-17-12-29-13-31-17)26(37)32-21(25(36)34-23(15(3)4)27(38)39)9-16-11-30-20-8-6-5-7-18(16)20/h5-8,11-15,19,21-23,30H,9-10,28H2,1-4H3,(H,29,31)(H,32,37)(H,33,35)(H,34,36)(H,38,39). The van der Waals surface area contributed by atoms with Gasteiger partial charge in [-0.15, -0.1) is 0 Å². The average molecular weight is 540 g/mol. The number of H-pyrrole nitrogens is 2. The molecule has 4 unspecified atom stereocenters. The molecule has 210 valence electrons. The van der Waals surface area contributed by atoms with Gasteiger partial charge >= 0.3 is 5.97 Å². The van der Waals surface area contributed by atoms with Crippen molar-refractivity contribution in [1.82, 2.24) is 30.9 Å². The van der Waals surface area contributed by atoms with Crippen LogP contribution in [0.5, 0.6) is 0 Å². The molecule has 0 aliphatic rings. The number of fused-ring (bicyclic) bond motifs is 1. The highest BCUT2D eigenvalue weighted by Gasteiger charge is 2.33. The zero-order chi connectivity index (χ0) is 28.7. The van der Waals surface area contributed by atoms with Crippen LogP contribution in [0.15, 0.2) is 43.0 Å². The topological polar surface area (TPSA) is 195 Å². The SMILES string of the molecule is CC(C)C(NC(=O)C(Cc1c[nH]c2ccccc12)NC(=O)C(NC(=O)C(N)Cc1cnc[nH]1)C(C)C)C(=O)O. The lowest BCUT2D eigenvalue weighted by Gasteiger charge is -2.27. The number of hydrogen-bond donors (Lipinski definition) is 7. The van der Waals surface area contributed by atoms with Gasteiger partial charge in [0, 0.05) is 41.8 Å². The van der Waals surface area contributed by atoms with Gasteiger partial charge in [-0.25, -0.2) is 9.78 Å². The molecule has 0 aliphatic heterocycles. The first-order valence-electron chi connectivity index (χ1n) is 12.9. The number of carboxylic acids is 1. The van der Waals surface area contributed by atoms with E-state index in [9.17, 15) is 24.3 Å². The van der Waals surface area contributed by atoms with E-state index in [0.717, 1.165) is 16.5 Å². The molecular weight excluding hydrogens is 502 g/mol. The molecule has 0 saturated carbocycles. The first-order valence-corrected chi connectivity index (χ1v) is 12.9. The summed E-state index contributed by atoms with van der Waals surface area (Å²) in [5.74, 6) is -3.62. The fraction of sp³-hybridized carbons (Fsp3) is 0.444. The molecule has 8 N–H and O–H groups in total. The third-order valence-electron chi connectivity index (χ3n) is 6.54. The maximum Gasteiger partial charge on any atom is 0.326 e. The van der Waals surface area contributed by atoms with Gasteiger partial charge < -0.3 is 36.8 Å². The molecule has 0 fully saturated rings. The van der Waals surface area contributed by atoms with Gasteiger partial charge in [0.05, 0.1) is 12.4 Å². The maximum absolute atomic E-state index is 13.4. The molecule has 2 heterocycles. The van der Waals surface area contributed by atoms with Gasteiger partial charge in [0.2, 0.25) is 17.7 Å². The van der Waals surface area contributed by atoms with Crippen LogP contribution in [0.1, 0.15) is 39.0 Å². The minimum Gasteiger partial charge on any atom is -0.480 e. The molecule has 4 atom stereocenters. The second-order valence-corrected chi connectivity index (χ2v) is 10.3. The Morgan fingerprint density at radius 1 is 0.897 bits per heavy atom. The zero-order valence-corrected chi connectivity index (χ0v) is 22.5. The molecule has 0 spiro atoms.